The van der Waals surface area contributed by atoms with Crippen molar-refractivity contribution < 1.29 is 14.4 Å². The van der Waals surface area contributed by atoms with Crippen LogP contribution in [0.4, 0.5) is 0 Å². The molecule has 5 nitrogen and oxygen atoms in total. The molecule has 2 aliphatic heterocycles. The van der Waals surface area contributed by atoms with E-state index in [4.69, 9.17) is 0 Å². The van der Waals surface area contributed by atoms with Crippen molar-refractivity contribution in [3.8, 4) is 0 Å². The molecule has 1 saturated carbocycles. The smallest absolute Gasteiger partial charge is 0.262 e. The molecule has 2 heterocycles. The average molecular weight is 417 g/mol. The van der Waals surface area contributed by atoms with Crippen LogP contribution in [-0.4, -0.2) is 46.7 Å². The minimum Gasteiger partial charge on any atom is -0.341 e. The van der Waals surface area contributed by atoms with E-state index in [9.17, 15) is 14.4 Å². The van der Waals surface area contributed by atoms with E-state index in [1.165, 1.54) is 30.6 Å². The van der Waals surface area contributed by atoms with Gasteiger partial charge in [-0.25, -0.2) is 0 Å². The number of amides is 3. The first-order chi connectivity index (χ1) is 15.1. The van der Waals surface area contributed by atoms with Crippen LogP contribution in [0.3, 0.4) is 0 Å². The highest BCUT2D eigenvalue weighted by Gasteiger charge is 2.45. The van der Waals surface area contributed by atoms with Crippen LogP contribution in [0.15, 0.2) is 54.6 Å². The molecule has 1 saturated heterocycles. The van der Waals surface area contributed by atoms with Crippen LogP contribution >= 0.6 is 0 Å². The first-order valence-corrected chi connectivity index (χ1v) is 11.4. The average Bonchev–Trinajstić information content (AvgIpc) is 3.07. The van der Waals surface area contributed by atoms with Gasteiger partial charge in [0.2, 0.25) is 5.91 Å². The van der Waals surface area contributed by atoms with E-state index in [1.54, 1.807) is 24.3 Å². The summed E-state index contributed by atoms with van der Waals surface area (Å²) in [6.07, 6.45) is 6.32. The number of fused-ring (bicyclic) bond motifs is 2. The Kier molecular flexibility index (Phi) is 5.34. The quantitative estimate of drug-likeness (QED) is 0.710. The van der Waals surface area contributed by atoms with Crippen molar-refractivity contribution in [2.45, 2.75) is 44.6 Å². The molecule has 0 bridgehead atoms. The lowest BCUT2D eigenvalue weighted by molar-refractivity contribution is -0.138. The Hall–Kier alpha value is -2.95. The minimum atomic E-state index is -0.810. The van der Waals surface area contributed by atoms with Gasteiger partial charge in [-0.05, 0) is 42.4 Å². The lowest BCUT2D eigenvalue weighted by Crippen LogP contribution is -2.55. The highest BCUT2D eigenvalue weighted by atomic mass is 16.2. The summed E-state index contributed by atoms with van der Waals surface area (Å²) in [5.74, 6) is 0.447. The SMILES string of the molecule is O=C([C@@H](Cc1ccccc1)N1C(=O)c2ccccc2C1=O)N1CC[C@H]2CCCC[C@@H]2C1. The predicted octanol–water partition coefficient (Wildman–Crippen LogP) is 3.93. The molecule has 0 unspecified atom stereocenters. The largest absolute Gasteiger partial charge is 0.341 e. The van der Waals surface area contributed by atoms with Gasteiger partial charge in [-0.2, -0.15) is 0 Å². The first kappa shape index (κ1) is 20.0. The zero-order valence-corrected chi connectivity index (χ0v) is 17.7. The minimum absolute atomic E-state index is 0.0950. The Morgan fingerprint density at radius 3 is 2.13 bits per heavy atom. The Balaban J connectivity index is 1.44. The van der Waals surface area contributed by atoms with Gasteiger partial charge in [-0.3, -0.25) is 19.3 Å². The van der Waals surface area contributed by atoms with Gasteiger partial charge in [-0.15, -0.1) is 0 Å². The number of carbonyl (C=O) groups excluding carboxylic acids is 3. The van der Waals surface area contributed by atoms with Crippen molar-refractivity contribution in [2.75, 3.05) is 13.1 Å². The van der Waals surface area contributed by atoms with E-state index in [-0.39, 0.29) is 17.7 Å². The van der Waals surface area contributed by atoms with Crippen molar-refractivity contribution in [1.82, 2.24) is 9.80 Å². The maximum atomic E-state index is 13.8. The second-order valence-corrected chi connectivity index (χ2v) is 9.11. The molecule has 0 N–H and O–H groups in total. The fourth-order valence-corrected chi connectivity index (χ4v) is 5.63. The molecule has 2 aromatic rings. The predicted molar refractivity (Wildman–Crippen MR) is 118 cm³/mol. The number of hydrogen-bond acceptors (Lipinski definition) is 3. The molecule has 1 aliphatic carbocycles. The number of imide groups is 1. The molecule has 0 aromatic heterocycles. The molecule has 5 rings (SSSR count). The molecule has 3 amide bonds. The third-order valence-corrected chi connectivity index (χ3v) is 7.30. The van der Waals surface area contributed by atoms with Crippen LogP contribution < -0.4 is 0 Å². The topological polar surface area (TPSA) is 57.7 Å². The molecule has 3 aliphatic rings. The summed E-state index contributed by atoms with van der Waals surface area (Å²) in [5.41, 5.74) is 1.73. The summed E-state index contributed by atoms with van der Waals surface area (Å²) >= 11 is 0. The van der Waals surface area contributed by atoms with E-state index >= 15 is 0 Å². The Bertz CT molecular complexity index is 968. The highest BCUT2D eigenvalue weighted by molar-refractivity contribution is 6.22. The number of benzene rings is 2. The van der Waals surface area contributed by atoms with Crippen LogP contribution in [-0.2, 0) is 11.2 Å². The van der Waals surface area contributed by atoms with Crippen molar-refractivity contribution >= 4 is 17.7 Å². The number of hydrogen-bond donors (Lipinski definition) is 0. The number of piperidine rings is 1. The van der Waals surface area contributed by atoms with Gasteiger partial charge in [0, 0.05) is 19.5 Å². The number of rotatable bonds is 4. The lowest BCUT2D eigenvalue weighted by Gasteiger charge is -2.43. The summed E-state index contributed by atoms with van der Waals surface area (Å²) in [7, 11) is 0. The summed E-state index contributed by atoms with van der Waals surface area (Å²) in [4.78, 5) is 43.3. The molecular weight excluding hydrogens is 388 g/mol. The summed E-state index contributed by atoms with van der Waals surface area (Å²) in [5, 5.41) is 0. The fraction of sp³-hybridized carbons (Fsp3) is 0.423. The zero-order valence-electron chi connectivity index (χ0n) is 17.7. The molecule has 2 fully saturated rings. The van der Waals surface area contributed by atoms with Gasteiger partial charge in [0.15, 0.2) is 0 Å². The van der Waals surface area contributed by atoms with Crippen LogP contribution in [0, 0.1) is 11.8 Å². The normalized spacial score (nSPS) is 24.0. The zero-order chi connectivity index (χ0) is 21.4. The number of likely N-dealkylation sites (tertiary alicyclic amines) is 1. The van der Waals surface area contributed by atoms with E-state index in [2.05, 4.69) is 0 Å². The molecule has 0 spiro atoms. The number of nitrogens with zero attached hydrogens (tertiary/aromatic N) is 2. The maximum absolute atomic E-state index is 13.8. The van der Waals surface area contributed by atoms with Gasteiger partial charge < -0.3 is 4.90 Å². The van der Waals surface area contributed by atoms with Crippen LogP contribution in [0.2, 0.25) is 0 Å². The van der Waals surface area contributed by atoms with Crippen molar-refractivity contribution in [2.24, 2.45) is 11.8 Å². The Morgan fingerprint density at radius 2 is 1.45 bits per heavy atom. The van der Waals surface area contributed by atoms with E-state index in [0.717, 1.165) is 18.5 Å². The van der Waals surface area contributed by atoms with Crippen molar-refractivity contribution in [1.29, 1.82) is 0 Å². The third kappa shape index (κ3) is 3.67. The van der Waals surface area contributed by atoms with Gasteiger partial charge in [0.05, 0.1) is 11.1 Å². The molecule has 5 heteroatoms. The van der Waals surface area contributed by atoms with Crippen molar-refractivity contribution in [3.63, 3.8) is 0 Å². The molecule has 31 heavy (non-hydrogen) atoms. The summed E-state index contributed by atoms with van der Waals surface area (Å²) < 4.78 is 0. The second kappa shape index (κ2) is 8.29. The highest BCUT2D eigenvalue weighted by Crippen LogP contribution is 2.37. The van der Waals surface area contributed by atoms with Gasteiger partial charge in [0.1, 0.15) is 6.04 Å². The first-order valence-electron chi connectivity index (χ1n) is 11.4. The Morgan fingerprint density at radius 1 is 0.839 bits per heavy atom. The molecule has 160 valence electrons. The molecule has 3 atom stereocenters. The summed E-state index contributed by atoms with van der Waals surface area (Å²) in [6, 6.07) is 15.7. The lowest BCUT2D eigenvalue weighted by atomic mass is 9.75. The van der Waals surface area contributed by atoms with E-state index in [1.807, 2.05) is 35.2 Å². The van der Waals surface area contributed by atoms with Gasteiger partial charge >= 0.3 is 0 Å². The summed E-state index contributed by atoms with van der Waals surface area (Å²) in [6.45, 7) is 1.46. The fourth-order valence-electron chi connectivity index (χ4n) is 5.63. The van der Waals surface area contributed by atoms with E-state index < -0.39 is 6.04 Å². The van der Waals surface area contributed by atoms with Crippen LogP contribution in [0.5, 0.6) is 0 Å². The van der Waals surface area contributed by atoms with E-state index in [0.29, 0.717) is 35.9 Å². The van der Waals surface area contributed by atoms with Crippen molar-refractivity contribution in [3.05, 3.63) is 71.3 Å². The standard InChI is InChI=1S/C26H28N2O3/c29-24-21-12-6-7-13-22(21)25(30)28(24)23(16-18-8-2-1-3-9-18)26(31)27-15-14-19-10-4-5-11-20(19)17-27/h1-3,6-9,12-13,19-20,23H,4-5,10-11,14-17H2/t19-,20-,23-/m1/s1. The Labute approximate surface area is 183 Å². The monoisotopic (exact) mass is 416 g/mol. The van der Waals surface area contributed by atoms with Gasteiger partial charge in [-0.1, -0.05) is 61.7 Å². The molecule has 2 aromatic carbocycles. The van der Waals surface area contributed by atoms with Crippen LogP contribution in [0.25, 0.3) is 0 Å². The second-order valence-electron chi connectivity index (χ2n) is 9.11. The number of carbonyl (C=O) groups is 3. The molecule has 0 radical (unpaired) electrons. The maximum Gasteiger partial charge on any atom is 0.262 e. The van der Waals surface area contributed by atoms with Gasteiger partial charge in [0.25, 0.3) is 11.8 Å². The van der Waals surface area contributed by atoms with Crippen LogP contribution in [0.1, 0.15) is 58.4 Å². The third-order valence-electron chi connectivity index (χ3n) is 7.30. The molecular formula is C26H28N2O3.